The molecule has 2 fully saturated rings. The minimum atomic E-state index is -3.30. The number of anilines is 4. The van der Waals surface area contributed by atoms with Crippen molar-refractivity contribution in [3.63, 3.8) is 0 Å². The van der Waals surface area contributed by atoms with Gasteiger partial charge in [0, 0.05) is 68.8 Å². The van der Waals surface area contributed by atoms with E-state index in [-0.39, 0.29) is 34.3 Å². The number of sulfone groups is 1. The van der Waals surface area contributed by atoms with Crippen LogP contribution in [0.5, 0.6) is 0 Å². The average Bonchev–Trinajstić information content (AvgIpc) is 3.77. The number of piperidine rings is 1. The van der Waals surface area contributed by atoms with Gasteiger partial charge in [0.1, 0.15) is 0 Å². The van der Waals surface area contributed by atoms with Gasteiger partial charge in [-0.2, -0.15) is 4.98 Å². The first-order valence-corrected chi connectivity index (χ1v) is 21.5. The van der Waals surface area contributed by atoms with E-state index >= 15 is 0 Å². The summed E-state index contributed by atoms with van der Waals surface area (Å²) in [4.78, 5) is 71.6. The molecule has 5 amide bonds. The molecule has 304 valence electrons. The van der Waals surface area contributed by atoms with Crippen molar-refractivity contribution in [1.29, 1.82) is 0 Å². The number of imide groups is 2. The summed E-state index contributed by atoms with van der Waals surface area (Å²) in [7, 11) is -3.30. The fourth-order valence-electron chi connectivity index (χ4n) is 7.85. The Morgan fingerprint density at radius 2 is 1.61 bits per heavy atom. The van der Waals surface area contributed by atoms with Crippen LogP contribution in [0.25, 0.3) is 16.9 Å². The highest BCUT2D eigenvalue weighted by Crippen LogP contribution is 2.36. The molecule has 4 N–H and O–H groups in total. The topological polar surface area (TPSA) is 204 Å². The third-order valence-corrected chi connectivity index (χ3v) is 12.1. The van der Waals surface area contributed by atoms with Gasteiger partial charge in [0.05, 0.1) is 33.3 Å². The van der Waals surface area contributed by atoms with Gasteiger partial charge in [-0.3, -0.25) is 34.6 Å². The summed E-state index contributed by atoms with van der Waals surface area (Å²) in [5, 5.41) is 15.9. The minimum absolute atomic E-state index is 0.113. The number of hydrogen-bond acceptors (Lipinski definition) is 12. The molecule has 5 aromatic rings. The first kappa shape index (κ1) is 39.2. The molecule has 16 nitrogen and oxygen atoms in total. The van der Waals surface area contributed by atoms with Crippen LogP contribution in [-0.2, 0) is 24.2 Å². The zero-order chi connectivity index (χ0) is 41.3. The molecule has 1 unspecified atom stereocenters. The minimum Gasteiger partial charge on any atom is -0.384 e. The zero-order valence-electron chi connectivity index (χ0n) is 32.4. The molecular weight excluding hydrogens is 775 g/mol. The maximum atomic E-state index is 13.1. The van der Waals surface area contributed by atoms with Crippen molar-refractivity contribution in [3.05, 3.63) is 95.6 Å². The van der Waals surface area contributed by atoms with E-state index in [1.807, 2.05) is 47.4 Å². The Morgan fingerprint density at radius 3 is 2.34 bits per heavy atom. The molecule has 0 radical (unpaired) electrons. The number of amides is 5. The van der Waals surface area contributed by atoms with E-state index in [0.717, 1.165) is 29.1 Å². The Morgan fingerprint density at radius 1 is 0.847 bits per heavy atom. The summed E-state index contributed by atoms with van der Waals surface area (Å²) in [5.74, 6) is -1.84. The quantitative estimate of drug-likeness (QED) is 0.0972. The molecule has 0 saturated carbocycles. The maximum absolute atomic E-state index is 13.1. The van der Waals surface area contributed by atoms with Crippen molar-refractivity contribution in [1.82, 2.24) is 30.1 Å². The number of nitrogens with zero attached hydrogens (tertiary/aromatic N) is 5. The van der Waals surface area contributed by atoms with Gasteiger partial charge in [0.15, 0.2) is 15.5 Å². The number of unbranched alkanes of at least 4 members (excludes halogenated alkanes) is 2. The summed E-state index contributed by atoms with van der Waals surface area (Å²) >= 11 is 0. The average molecular weight is 818 g/mol. The van der Waals surface area contributed by atoms with Crippen LogP contribution in [0.15, 0.2) is 83.8 Å². The van der Waals surface area contributed by atoms with Gasteiger partial charge in [-0.25, -0.2) is 12.9 Å². The third-order valence-electron chi connectivity index (χ3n) is 11.0. The molecule has 3 aliphatic rings. The standard InChI is InChI=1S/C42H43N9O7S/c1-59(57,58)29-15-9-26(10-16-29)33-6-5-7-34-45-42(48-51(33)34)44-27-11-13-28(14-12-27)49-22-24-50(25-23-49)36(53)8-3-2-4-21-43-38-30(31-19-20-35(52)46-39(31)54)17-18-32-37(38)41(56)47-40(32)55/h5-7,9-18,31,43H,2-4,8,19-25H2,1H3,(H,44,48)(H,46,52,54)(H,47,55,56). The highest BCUT2D eigenvalue weighted by atomic mass is 32.2. The zero-order valence-corrected chi connectivity index (χ0v) is 33.2. The number of fused-ring (bicyclic) bond motifs is 2. The van der Waals surface area contributed by atoms with Gasteiger partial charge in [-0.05, 0) is 79.4 Å². The normalized spacial score (nSPS) is 16.9. The number of carbonyl (C=O) groups is 5. The highest BCUT2D eigenvalue weighted by molar-refractivity contribution is 7.90. The lowest BCUT2D eigenvalue weighted by Crippen LogP contribution is -2.48. The second kappa shape index (κ2) is 16.3. The molecule has 2 saturated heterocycles. The number of hydrogen-bond donors (Lipinski definition) is 4. The van der Waals surface area contributed by atoms with Crippen LogP contribution in [-0.4, -0.2) is 96.4 Å². The van der Waals surface area contributed by atoms with Crippen molar-refractivity contribution < 1.29 is 32.4 Å². The Hall–Kier alpha value is -6.62. The number of piperazine rings is 1. The van der Waals surface area contributed by atoms with Gasteiger partial charge < -0.3 is 20.4 Å². The lowest BCUT2D eigenvalue weighted by atomic mass is 9.87. The number of benzene rings is 3. The molecule has 3 aromatic carbocycles. The van der Waals surface area contributed by atoms with Crippen LogP contribution in [0, 0.1) is 0 Å². The smallest absolute Gasteiger partial charge is 0.261 e. The van der Waals surface area contributed by atoms with E-state index in [2.05, 4.69) is 36.2 Å². The Kier molecular flexibility index (Phi) is 10.9. The van der Waals surface area contributed by atoms with Gasteiger partial charge in [-0.15, -0.1) is 5.10 Å². The number of rotatable bonds is 13. The van der Waals surface area contributed by atoms with Crippen LogP contribution in [0.2, 0.25) is 0 Å². The molecule has 17 heteroatoms. The molecule has 0 bridgehead atoms. The van der Waals surface area contributed by atoms with Crippen molar-refractivity contribution in [2.75, 3.05) is 54.5 Å². The Balaban J connectivity index is 0.795. The third kappa shape index (κ3) is 8.37. The van der Waals surface area contributed by atoms with Crippen molar-refractivity contribution in [2.45, 2.75) is 49.3 Å². The SMILES string of the molecule is CS(=O)(=O)c1ccc(-c2cccc3nc(Nc4ccc(N5CCN(C(=O)CCCCCNc6c(C7CCC(=O)NC7=O)ccc7c6C(=O)NC7=O)CC5)cc4)nn23)cc1. The molecule has 1 atom stereocenters. The summed E-state index contributed by atoms with van der Waals surface area (Å²) in [6.45, 7) is 3.12. The van der Waals surface area contributed by atoms with Crippen LogP contribution in [0.1, 0.15) is 70.7 Å². The fourth-order valence-corrected chi connectivity index (χ4v) is 8.48. The summed E-state index contributed by atoms with van der Waals surface area (Å²) < 4.78 is 25.5. The van der Waals surface area contributed by atoms with Gasteiger partial charge in [0.2, 0.25) is 23.7 Å². The van der Waals surface area contributed by atoms with Crippen LogP contribution < -0.4 is 26.2 Å². The van der Waals surface area contributed by atoms with Crippen LogP contribution in [0.4, 0.5) is 23.0 Å². The highest BCUT2D eigenvalue weighted by Gasteiger charge is 2.36. The van der Waals surface area contributed by atoms with E-state index in [9.17, 15) is 32.4 Å². The largest absolute Gasteiger partial charge is 0.384 e. The monoisotopic (exact) mass is 817 g/mol. The van der Waals surface area contributed by atoms with Crippen molar-refractivity contribution in [2.24, 2.45) is 0 Å². The van der Waals surface area contributed by atoms with Gasteiger partial charge in [-0.1, -0.05) is 30.7 Å². The first-order chi connectivity index (χ1) is 28.4. The predicted molar refractivity (Wildman–Crippen MR) is 220 cm³/mol. The van der Waals surface area contributed by atoms with Crippen molar-refractivity contribution >= 4 is 68.0 Å². The summed E-state index contributed by atoms with van der Waals surface area (Å²) in [6.07, 6.45) is 4.28. The fraction of sp³-hybridized carbons (Fsp3) is 0.310. The second-order valence-electron chi connectivity index (χ2n) is 14.9. The van der Waals surface area contributed by atoms with Gasteiger partial charge in [0.25, 0.3) is 11.8 Å². The Labute approximate surface area is 340 Å². The van der Waals surface area contributed by atoms with E-state index in [0.29, 0.717) is 81.3 Å². The van der Waals surface area contributed by atoms with E-state index in [4.69, 9.17) is 0 Å². The van der Waals surface area contributed by atoms with Crippen LogP contribution in [0.3, 0.4) is 0 Å². The van der Waals surface area contributed by atoms with E-state index in [1.165, 1.54) is 6.26 Å². The Bertz CT molecular complexity index is 2580. The second-order valence-corrected chi connectivity index (χ2v) is 16.9. The molecule has 3 aliphatic heterocycles. The summed E-state index contributed by atoms with van der Waals surface area (Å²) in [6, 6.07) is 23.5. The number of pyridine rings is 1. The van der Waals surface area contributed by atoms with Gasteiger partial charge >= 0.3 is 0 Å². The predicted octanol–water partition coefficient (Wildman–Crippen LogP) is 4.27. The molecule has 59 heavy (non-hydrogen) atoms. The van der Waals surface area contributed by atoms with Crippen LogP contribution >= 0.6 is 0 Å². The van der Waals surface area contributed by atoms with E-state index < -0.39 is 33.5 Å². The molecule has 0 aliphatic carbocycles. The molecular formula is C42H43N9O7S. The molecule has 2 aromatic heterocycles. The van der Waals surface area contributed by atoms with E-state index in [1.54, 1.807) is 40.9 Å². The molecule has 5 heterocycles. The first-order valence-electron chi connectivity index (χ1n) is 19.6. The lowest BCUT2D eigenvalue weighted by Gasteiger charge is -2.36. The number of carbonyl (C=O) groups excluding carboxylic acids is 5. The van der Waals surface area contributed by atoms with Crippen molar-refractivity contribution in [3.8, 4) is 11.3 Å². The maximum Gasteiger partial charge on any atom is 0.261 e. The number of aromatic nitrogens is 3. The number of nitrogens with one attached hydrogen (secondary N) is 4. The lowest BCUT2D eigenvalue weighted by molar-refractivity contribution is -0.134. The molecule has 0 spiro atoms. The summed E-state index contributed by atoms with van der Waals surface area (Å²) in [5.41, 5.74) is 5.57. The molecule has 8 rings (SSSR count).